The largest absolute Gasteiger partial charge is 0.339 e. The lowest BCUT2D eigenvalue weighted by Gasteiger charge is -2.35. The van der Waals surface area contributed by atoms with E-state index in [-0.39, 0.29) is 11.8 Å². The molecule has 0 aromatic heterocycles. The van der Waals surface area contributed by atoms with Crippen molar-refractivity contribution in [3.05, 3.63) is 83.9 Å². The van der Waals surface area contributed by atoms with Crippen LogP contribution in [-0.4, -0.2) is 47.8 Å². The van der Waals surface area contributed by atoms with Crippen LogP contribution < -0.4 is 0 Å². The van der Waals surface area contributed by atoms with Crippen molar-refractivity contribution < 1.29 is 9.59 Å². The Kier molecular flexibility index (Phi) is 5.38. The van der Waals surface area contributed by atoms with E-state index in [1.807, 2.05) is 82.6 Å². The quantitative estimate of drug-likeness (QED) is 0.700. The van der Waals surface area contributed by atoms with Crippen LogP contribution in [0, 0.1) is 0 Å². The Balaban J connectivity index is 1.36. The average Bonchev–Trinajstić information content (AvgIpc) is 2.77. The molecule has 1 aliphatic rings. The van der Waals surface area contributed by atoms with Crippen LogP contribution in [0.2, 0.25) is 0 Å². The van der Waals surface area contributed by atoms with Crippen LogP contribution in [0.4, 0.5) is 0 Å². The van der Waals surface area contributed by atoms with Crippen LogP contribution in [0.15, 0.2) is 72.8 Å². The summed E-state index contributed by atoms with van der Waals surface area (Å²) in [5, 5.41) is 2.06. The molecule has 4 heteroatoms. The monoisotopic (exact) mass is 372 g/mol. The molecular weight excluding hydrogens is 348 g/mol. The first-order chi connectivity index (χ1) is 13.7. The van der Waals surface area contributed by atoms with Gasteiger partial charge in [-0.05, 0) is 28.8 Å². The highest BCUT2D eigenvalue weighted by Gasteiger charge is 2.25. The van der Waals surface area contributed by atoms with Crippen molar-refractivity contribution in [1.82, 2.24) is 9.80 Å². The standard InChI is InChI=1S/C24H24N2O2/c27-23(14-13-19-7-2-1-3-8-19)25-15-17-26(18-16-25)24(28)22-12-6-10-20-9-4-5-11-21(20)22/h1-12H,13-18H2. The lowest BCUT2D eigenvalue weighted by atomic mass is 10.0. The summed E-state index contributed by atoms with van der Waals surface area (Å²) in [6.45, 7) is 2.37. The van der Waals surface area contributed by atoms with Gasteiger partial charge in [0.15, 0.2) is 0 Å². The minimum Gasteiger partial charge on any atom is -0.339 e. The Morgan fingerprint density at radius 1 is 0.714 bits per heavy atom. The van der Waals surface area contributed by atoms with Gasteiger partial charge in [0, 0.05) is 38.2 Å². The van der Waals surface area contributed by atoms with Crippen LogP contribution in [-0.2, 0) is 11.2 Å². The van der Waals surface area contributed by atoms with Crippen LogP contribution in [0.3, 0.4) is 0 Å². The zero-order chi connectivity index (χ0) is 19.3. The highest BCUT2D eigenvalue weighted by Crippen LogP contribution is 2.21. The van der Waals surface area contributed by atoms with Crippen molar-refractivity contribution in [3.63, 3.8) is 0 Å². The average molecular weight is 372 g/mol. The first kappa shape index (κ1) is 18.2. The summed E-state index contributed by atoms with van der Waals surface area (Å²) >= 11 is 0. The molecule has 1 aliphatic heterocycles. The molecule has 0 bridgehead atoms. The summed E-state index contributed by atoms with van der Waals surface area (Å²) in [7, 11) is 0. The number of piperazine rings is 1. The maximum Gasteiger partial charge on any atom is 0.254 e. The molecule has 0 unspecified atom stereocenters. The normalized spacial score (nSPS) is 14.3. The van der Waals surface area contributed by atoms with Crippen LogP contribution >= 0.6 is 0 Å². The Labute approximate surface area is 165 Å². The second-order valence-corrected chi connectivity index (χ2v) is 7.19. The van der Waals surface area contributed by atoms with E-state index < -0.39 is 0 Å². The predicted molar refractivity (Wildman–Crippen MR) is 111 cm³/mol. The van der Waals surface area contributed by atoms with Gasteiger partial charge in [0.25, 0.3) is 5.91 Å². The highest BCUT2D eigenvalue weighted by molar-refractivity contribution is 6.07. The Hall–Kier alpha value is -3.14. The van der Waals surface area contributed by atoms with Crippen molar-refractivity contribution >= 4 is 22.6 Å². The molecule has 3 aromatic rings. The van der Waals surface area contributed by atoms with Gasteiger partial charge in [0.05, 0.1) is 0 Å². The van der Waals surface area contributed by atoms with E-state index in [2.05, 4.69) is 0 Å². The fourth-order valence-electron chi connectivity index (χ4n) is 3.80. The Bertz CT molecular complexity index is 971. The van der Waals surface area contributed by atoms with Crippen molar-refractivity contribution in [2.75, 3.05) is 26.2 Å². The predicted octanol–water partition coefficient (Wildman–Crippen LogP) is 3.76. The van der Waals surface area contributed by atoms with E-state index in [0.717, 1.165) is 22.8 Å². The van der Waals surface area contributed by atoms with E-state index in [9.17, 15) is 9.59 Å². The number of carbonyl (C=O) groups is 2. The second-order valence-electron chi connectivity index (χ2n) is 7.19. The van der Waals surface area contributed by atoms with Crippen LogP contribution in [0.25, 0.3) is 10.8 Å². The zero-order valence-corrected chi connectivity index (χ0v) is 15.9. The molecule has 3 aromatic carbocycles. The number of hydrogen-bond donors (Lipinski definition) is 0. The first-order valence-electron chi connectivity index (χ1n) is 9.81. The highest BCUT2D eigenvalue weighted by atomic mass is 16.2. The molecule has 1 saturated heterocycles. The second kappa shape index (κ2) is 8.26. The zero-order valence-electron chi connectivity index (χ0n) is 15.9. The minimum atomic E-state index is 0.0492. The Morgan fingerprint density at radius 3 is 2.14 bits per heavy atom. The SMILES string of the molecule is O=C(CCc1ccccc1)N1CCN(C(=O)c2cccc3ccccc23)CC1. The van der Waals surface area contributed by atoms with Gasteiger partial charge in [0.2, 0.25) is 5.91 Å². The van der Waals surface area contributed by atoms with Crippen molar-refractivity contribution in [2.45, 2.75) is 12.8 Å². The van der Waals surface area contributed by atoms with Crippen molar-refractivity contribution in [1.29, 1.82) is 0 Å². The maximum absolute atomic E-state index is 13.0. The number of benzene rings is 3. The van der Waals surface area contributed by atoms with E-state index >= 15 is 0 Å². The first-order valence-corrected chi connectivity index (χ1v) is 9.81. The van der Waals surface area contributed by atoms with E-state index in [4.69, 9.17) is 0 Å². The van der Waals surface area contributed by atoms with E-state index in [1.54, 1.807) is 0 Å². The number of rotatable bonds is 4. The molecule has 142 valence electrons. The Morgan fingerprint density at radius 2 is 1.36 bits per heavy atom. The molecule has 4 nitrogen and oxygen atoms in total. The number of aryl methyl sites for hydroxylation is 1. The maximum atomic E-state index is 13.0. The van der Waals surface area contributed by atoms with Gasteiger partial charge in [-0.2, -0.15) is 0 Å². The fourth-order valence-corrected chi connectivity index (χ4v) is 3.80. The fraction of sp³-hybridized carbons (Fsp3) is 0.250. The number of amides is 2. The third-order valence-electron chi connectivity index (χ3n) is 5.41. The molecule has 1 heterocycles. The molecule has 28 heavy (non-hydrogen) atoms. The summed E-state index contributed by atoms with van der Waals surface area (Å²) in [6.07, 6.45) is 1.27. The topological polar surface area (TPSA) is 40.6 Å². The third kappa shape index (κ3) is 3.91. The molecule has 2 amide bonds. The van der Waals surface area contributed by atoms with Crippen molar-refractivity contribution in [2.24, 2.45) is 0 Å². The minimum absolute atomic E-state index is 0.0492. The van der Waals surface area contributed by atoms with E-state index in [0.29, 0.717) is 32.6 Å². The number of nitrogens with zero attached hydrogens (tertiary/aromatic N) is 2. The molecule has 0 radical (unpaired) electrons. The van der Waals surface area contributed by atoms with E-state index in [1.165, 1.54) is 5.56 Å². The molecule has 1 fully saturated rings. The summed E-state index contributed by atoms with van der Waals surface area (Å²) in [6, 6.07) is 23.9. The molecule has 0 spiro atoms. The third-order valence-corrected chi connectivity index (χ3v) is 5.41. The van der Waals surface area contributed by atoms with Crippen molar-refractivity contribution in [3.8, 4) is 0 Å². The summed E-state index contributed by atoms with van der Waals surface area (Å²) in [5.74, 6) is 0.217. The van der Waals surface area contributed by atoms with Gasteiger partial charge in [-0.25, -0.2) is 0 Å². The van der Waals surface area contributed by atoms with Gasteiger partial charge < -0.3 is 9.80 Å². The molecule has 0 saturated carbocycles. The van der Waals surface area contributed by atoms with Gasteiger partial charge >= 0.3 is 0 Å². The number of carbonyl (C=O) groups excluding carboxylic acids is 2. The number of fused-ring (bicyclic) bond motifs is 1. The summed E-state index contributed by atoms with van der Waals surface area (Å²) in [5.41, 5.74) is 1.92. The van der Waals surface area contributed by atoms with Gasteiger partial charge in [0.1, 0.15) is 0 Å². The van der Waals surface area contributed by atoms with Gasteiger partial charge in [-0.3, -0.25) is 9.59 Å². The molecule has 0 atom stereocenters. The lowest BCUT2D eigenvalue weighted by Crippen LogP contribution is -2.50. The number of hydrogen-bond acceptors (Lipinski definition) is 2. The summed E-state index contributed by atoms with van der Waals surface area (Å²) < 4.78 is 0. The van der Waals surface area contributed by atoms with Gasteiger partial charge in [-0.15, -0.1) is 0 Å². The molecular formula is C24H24N2O2. The van der Waals surface area contributed by atoms with Gasteiger partial charge in [-0.1, -0.05) is 66.7 Å². The molecule has 0 aliphatic carbocycles. The van der Waals surface area contributed by atoms with Crippen LogP contribution in [0.1, 0.15) is 22.3 Å². The molecule has 0 N–H and O–H groups in total. The van der Waals surface area contributed by atoms with Crippen LogP contribution in [0.5, 0.6) is 0 Å². The molecule has 4 rings (SSSR count). The summed E-state index contributed by atoms with van der Waals surface area (Å²) in [4.78, 5) is 29.3. The smallest absolute Gasteiger partial charge is 0.254 e. The lowest BCUT2D eigenvalue weighted by molar-refractivity contribution is -0.132.